The van der Waals surface area contributed by atoms with Gasteiger partial charge in [0.25, 0.3) is 0 Å². The standard InChI is InChI=1S/C16H21BrN2O3.ClH/c1-22-16(21)15(12-3-5-13(17)6-4-12)19-14(20)7-2-11-8-9-18-10-11;/h3-6,11,15,18H,2,7-10H2,1H3,(H,19,20);1H. The second kappa shape index (κ2) is 9.90. The maximum absolute atomic E-state index is 12.1. The van der Waals surface area contributed by atoms with Gasteiger partial charge >= 0.3 is 5.97 Å². The zero-order valence-electron chi connectivity index (χ0n) is 13.0. The summed E-state index contributed by atoms with van der Waals surface area (Å²) in [5.41, 5.74) is 0.714. The van der Waals surface area contributed by atoms with Crippen LogP contribution in [0.1, 0.15) is 30.9 Å². The Morgan fingerprint density at radius 3 is 2.65 bits per heavy atom. The molecule has 0 saturated carbocycles. The molecule has 2 N–H and O–H groups in total. The molecule has 1 fully saturated rings. The first kappa shape index (κ1) is 19.9. The van der Waals surface area contributed by atoms with Crippen molar-refractivity contribution in [3.05, 3.63) is 34.3 Å². The Labute approximate surface area is 151 Å². The minimum atomic E-state index is -0.757. The molecular weight excluding hydrogens is 384 g/mol. The fourth-order valence-corrected chi connectivity index (χ4v) is 2.84. The molecule has 5 nitrogen and oxygen atoms in total. The molecule has 0 aromatic heterocycles. The highest BCUT2D eigenvalue weighted by Gasteiger charge is 2.24. The van der Waals surface area contributed by atoms with Crippen molar-refractivity contribution in [3.63, 3.8) is 0 Å². The van der Waals surface area contributed by atoms with Gasteiger partial charge in [-0.05, 0) is 49.5 Å². The summed E-state index contributed by atoms with van der Waals surface area (Å²) in [4.78, 5) is 24.1. The number of methoxy groups -OCH3 is 1. The molecule has 0 radical (unpaired) electrons. The largest absolute Gasteiger partial charge is 0.467 e. The van der Waals surface area contributed by atoms with Gasteiger partial charge < -0.3 is 15.4 Å². The van der Waals surface area contributed by atoms with Crippen LogP contribution in [0.15, 0.2) is 28.7 Å². The smallest absolute Gasteiger partial charge is 0.333 e. The number of esters is 1. The van der Waals surface area contributed by atoms with Gasteiger partial charge in [0.15, 0.2) is 6.04 Å². The van der Waals surface area contributed by atoms with Crippen LogP contribution in [0.3, 0.4) is 0 Å². The van der Waals surface area contributed by atoms with Crippen LogP contribution in [-0.2, 0) is 14.3 Å². The highest BCUT2D eigenvalue weighted by atomic mass is 79.9. The number of carbonyl (C=O) groups is 2. The lowest BCUT2D eigenvalue weighted by atomic mass is 10.0. The average Bonchev–Trinajstić information content (AvgIpc) is 3.04. The summed E-state index contributed by atoms with van der Waals surface area (Å²) >= 11 is 3.35. The fourth-order valence-electron chi connectivity index (χ4n) is 2.58. The molecule has 2 rings (SSSR count). The van der Waals surface area contributed by atoms with Crippen molar-refractivity contribution in [3.8, 4) is 0 Å². The molecule has 23 heavy (non-hydrogen) atoms. The van der Waals surface area contributed by atoms with E-state index < -0.39 is 12.0 Å². The van der Waals surface area contributed by atoms with Gasteiger partial charge in [0.05, 0.1) is 7.11 Å². The second-order valence-corrected chi connectivity index (χ2v) is 6.39. The number of hydrogen-bond donors (Lipinski definition) is 2. The molecule has 1 heterocycles. The third-order valence-corrected chi connectivity index (χ3v) is 4.42. The lowest BCUT2D eigenvalue weighted by Crippen LogP contribution is -2.34. The normalized spacial score (nSPS) is 17.9. The van der Waals surface area contributed by atoms with Crippen LogP contribution in [-0.4, -0.2) is 32.1 Å². The van der Waals surface area contributed by atoms with Crippen molar-refractivity contribution < 1.29 is 14.3 Å². The predicted octanol–water partition coefficient (Wildman–Crippen LogP) is 2.59. The molecular formula is C16H22BrClN2O3. The Morgan fingerprint density at radius 2 is 2.09 bits per heavy atom. The van der Waals surface area contributed by atoms with E-state index in [0.29, 0.717) is 17.9 Å². The molecule has 0 bridgehead atoms. The van der Waals surface area contributed by atoms with E-state index in [-0.39, 0.29) is 18.3 Å². The SMILES string of the molecule is COC(=O)C(NC(=O)CCC1CCNC1)c1ccc(Br)cc1.Cl. The van der Waals surface area contributed by atoms with Crippen LogP contribution in [0.25, 0.3) is 0 Å². The van der Waals surface area contributed by atoms with Crippen molar-refractivity contribution in [2.75, 3.05) is 20.2 Å². The van der Waals surface area contributed by atoms with Crippen LogP contribution < -0.4 is 10.6 Å². The first-order valence-corrected chi connectivity index (χ1v) is 8.23. The van der Waals surface area contributed by atoms with Crippen LogP contribution >= 0.6 is 28.3 Å². The number of nitrogens with one attached hydrogen (secondary N) is 2. The Hall–Kier alpha value is -1.11. The first-order valence-electron chi connectivity index (χ1n) is 7.43. The van der Waals surface area contributed by atoms with Gasteiger partial charge in [-0.1, -0.05) is 28.1 Å². The van der Waals surface area contributed by atoms with Crippen molar-refractivity contribution in [1.82, 2.24) is 10.6 Å². The number of ether oxygens (including phenoxy) is 1. The molecule has 128 valence electrons. The van der Waals surface area contributed by atoms with E-state index in [1.807, 2.05) is 12.1 Å². The molecule has 1 aromatic carbocycles. The van der Waals surface area contributed by atoms with Gasteiger partial charge in [-0.3, -0.25) is 4.79 Å². The molecule has 7 heteroatoms. The van der Waals surface area contributed by atoms with Crippen LogP contribution in [0, 0.1) is 5.92 Å². The lowest BCUT2D eigenvalue weighted by Gasteiger charge is -2.17. The minimum Gasteiger partial charge on any atom is -0.467 e. The molecule has 1 saturated heterocycles. The summed E-state index contributed by atoms with van der Waals surface area (Å²) in [7, 11) is 1.32. The Morgan fingerprint density at radius 1 is 1.39 bits per heavy atom. The zero-order valence-corrected chi connectivity index (χ0v) is 15.4. The number of amides is 1. The maximum atomic E-state index is 12.1. The van der Waals surface area contributed by atoms with Crippen molar-refractivity contribution in [1.29, 1.82) is 0 Å². The minimum absolute atomic E-state index is 0. The number of benzene rings is 1. The molecule has 1 amide bonds. The summed E-state index contributed by atoms with van der Waals surface area (Å²) in [6.45, 7) is 2.00. The number of carbonyl (C=O) groups excluding carboxylic acids is 2. The second-order valence-electron chi connectivity index (χ2n) is 5.47. The van der Waals surface area contributed by atoms with E-state index in [0.717, 1.165) is 30.4 Å². The van der Waals surface area contributed by atoms with Gasteiger partial charge in [0, 0.05) is 10.9 Å². The van der Waals surface area contributed by atoms with Crippen molar-refractivity contribution in [2.45, 2.75) is 25.3 Å². The molecule has 0 spiro atoms. The average molecular weight is 406 g/mol. The molecule has 1 aromatic rings. The Bertz CT molecular complexity index is 519. The van der Waals surface area contributed by atoms with E-state index in [1.54, 1.807) is 12.1 Å². The zero-order chi connectivity index (χ0) is 15.9. The van der Waals surface area contributed by atoms with Gasteiger partial charge in [0.1, 0.15) is 0 Å². The molecule has 1 aliphatic rings. The Balaban J connectivity index is 0.00000264. The third kappa shape index (κ3) is 6.12. The topological polar surface area (TPSA) is 67.4 Å². The number of halogens is 2. The highest BCUT2D eigenvalue weighted by Crippen LogP contribution is 2.19. The number of rotatable bonds is 6. The van der Waals surface area contributed by atoms with Crippen LogP contribution in [0.5, 0.6) is 0 Å². The quantitative estimate of drug-likeness (QED) is 0.714. The molecule has 0 aliphatic carbocycles. The Kier molecular flexibility index (Phi) is 8.58. The third-order valence-electron chi connectivity index (χ3n) is 3.89. The highest BCUT2D eigenvalue weighted by molar-refractivity contribution is 9.10. The summed E-state index contributed by atoms with van der Waals surface area (Å²) < 4.78 is 5.72. The summed E-state index contributed by atoms with van der Waals surface area (Å²) in [6.07, 6.45) is 2.38. The van der Waals surface area contributed by atoms with E-state index >= 15 is 0 Å². The lowest BCUT2D eigenvalue weighted by molar-refractivity contribution is -0.145. The summed E-state index contributed by atoms with van der Waals surface area (Å²) in [5.74, 6) is -0.0292. The maximum Gasteiger partial charge on any atom is 0.333 e. The van der Waals surface area contributed by atoms with E-state index in [4.69, 9.17) is 4.74 Å². The molecule has 1 aliphatic heterocycles. The van der Waals surface area contributed by atoms with Gasteiger partial charge in [-0.2, -0.15) is 0 Å². The molecule has 2 unspecified atom stereocenters. The van der Waals surface area contributed by atoms with Crippen molar-refractivity contribution >= 4 is 40.2 Å². The summed E-state index contributed by atoms with van der Waals surface area (Å²) in [5, 5.41) is 6.06. The van der Waals surface area contributed by atoms with Gasteiger partial charge in [0.2, 0.25) is 5.91 Å². The van der Waals surface area contributed by atoms with Crippen LogP contribution in [0.4, 0.5) is 0 Å². The van der Waals surface area contributed by atoms with Crippen LogP contribution in [0.2, 0.25) is 0 Å². The van der Waals surface area contributed by atoms with E-state index in [2.05, 4.69) is 26.6 Å². The number of hydrogen-bond acceptors (Lipinski definition) is 4. The first-order chi connectivity index (χ1) is 10.6. The van der Waals surface area contributed by atoms with Gasteiger partial charge in [-0.25, -0.2) is 4.79 Å². The monoisotopic (exact) mass is 404 g/mol. The fraction of sp³-hybridized carbons (Fsp3) is 0.500. The van der Waals surface area contributed by atoms with Gasteiger partial charge in [-0.15, -0.1) is 12.4 Å². The van der Waals surface area contributed by atoms with E-state index in [1.165, 1.54) is 7.11 Å². The molecule has 2 atom stereocenters. The summed E-state index contributed by atoms with van der Waals surface area (Å²) in [6, 6.07) is 6.51. The van der Waals surface area contributed by atoms with Crippen molar-refractivity contribution in [2.24, 2.45) is 5.92 Å². The van der Waals surface area contributed by atoms with E-state index in [9.17, 15) is 9.59 Å². The predicted molar refractivity (Wildman–Crippen MR) is 94.5 cm³/mol.